The van der Waals surface area contributed by atoms with Crippen molar-refractivity contribution >= 4 is 27.7 Å². The molecule has 0 aliphatic carbocycles. The molecule has 4 rings (SSSR count). The number of halogens is 1. The van der Waals surface area contributed by atoms with Crippen molar-refractivity contribution in [3.63, 3.8) is 0 Å². The minimum atomic E-state index is -0.298. The summed E-state index contributed by atoms with van der Waals surface area (Å²) in [7, 11) is 0. The van der Waals surface area contributed by atoms with Crippen molar-refractivity contribution in [1.82, 2.24) is 19.8 Å². The van der Waals surface area contributed by atoms with Gasteiger partial charge in [-0.2, -0.15) is 0 Å². The second kappa shape index (κ2) is 6.77. The molecule has 7 nitrogen and oxygen atoms in total. The van der Waals surface area contributed by atoms with Gasteiger partial charge in [0.05, 0.1) is 24.9 Å². The molecule has 3 atom stereocenters. The number of fused-ring (bicyclic) bond motifs is 1. The Balaban J connectivity index is 1.59. The Kier molecular flexibility index (Phi) is 4.46. The van der Waals surface area contributed by atoms with E-state index in [1.807, 2.05) is 24.3 Å². The SMILES string of the molecule is O=C(c1cnccn1)N1CC(=O)N2[C@@H](CO)[C@H](c3ccc(Br)cc3)[C@@H]2C1. The fourth-order valence-electron chi connectivity index (χ4n) is 3.91. The second-order valence-corrected chi connectivity index (χ2v) is 7.39. The largest absolute Gasteiger partial charge is 0.394 e. The first-order valence-electron chi connectivity index (χ1n) is 8.33. The monoisotopic (exact) mass is 416 g/mol. The van der Waals surface area contributed by atoms with Crippen LogP contribution in [-0.2, 0) is 4.79 Å². The van der Waals surface area contributed by atoms with Crippen LogP contribution in [-0.4, -0.2) is 68.5 Å². The first-order valence-corrected chi connectivity index (χ1v) is 9.12. The number of carbonyl (C=O) groups is 2. The van der Waals surface area contributed by atoms with E-state index in [1.54, 1.807) is 4.90 Å². The van der Waals surface area contributed by atoms with Gasteiger partial charge in [-0.05, 0) is 17.7 Å². The zero-order valence-corrected chi connectivity index (χ0v) is 15.4. The fourth-order valence-corrected chi connectivity index (χ4v) is 4.18. The van der Waals surface area contributed by atoms with E-state index in [9.17, 15) is 14.7 Å². The minimum absolute atomic E-state index is 0.00450. The van der Waals surface area contributed by atoms with Crippen LogP contribution in [0.5, 0.6) is 0 Å². The number of rotatable bonds is 3. The summed E-state index contributed by atoms with van der Waals surface area (Å²) in [5, 5.41) is 9.78. The van der Waals surface area contributed by atoms with Gasteiger partial charge in [-0.1, -0.05) is 28.1 Å². The standard InChI is InChI=1S/C18H17BrN4O3/c19-12-3-1-11(2-4-12)17-14-8-22(9-16(25)23(14)15(17)10-24)18(26)13-7-20-5-6-21-13/h1-7,14-15,17,24H,8-10H2/t14-,15-,17+/m0/s1. The van der Waals surface area contributed by atoms with E-state index in [4.69, 9.17) is 0 Å². The van der Waals surface area contributed by atoms with Crippen molar-refractivity contribution in [2.75, 3.05) is 19.7 Å². The summed E-state index contributed by atoms with van der Waals surface area (Å²) in [4.78, 5) is 36.4. The molecule has 0 radical (unpaired) electrons. The Morgan fingerprint density at radius 3 is 2.69 bits per heavy atom. The molecule has 1 N–H and O–H groups in total. The summed E-state index contributed by atoms with van der Waals surface area (Å²) in [6.07, 6.45) is 4.37. The van der Waals surface area contributed by atoms with Gasteiger partial charge in [0, 0.05) is 29.3 Å². The predicted octanol–water partition coefficient (Wildman–Crippen LogP) is 1.05. The average molecular weight is 417 g/mol. The zero-order chi connectivity index (χ0) is 18.3. The second-order valence-electron chi connectivity index (χ2n) is 6.47. The molecular weight excluding hydrogens is 400 g/mol. The summed E-state index contributed by atoms with van der Waals surface area (Å²) in [5.41, 5.74) is 1.28. The topological polar surface area (TPSA) is 86.6 Å². The number of hydrogen-bond donors (Lipinski definition) is 1. The number of carbonyl (C=O) groups excluding carboxylic acids is 2. The summed E-state index contributed by atoms with van der Waals surface area (Å²) >= 11 is 3.42. The van der Waals surface area contributed by atoms with Crippen molar-refractivity contribution in [3.05, 3.63) is 58.6 Å². The zero-order valence-electron chi connectivity index (χ0n) is 13.8. The van der Waals surface area contributed by atoms with E-state index in [2.05, 4.69) is 25.9 Å². The van der Waals surface area contributed by atoms with Crippen molar-refractivity contribution in [1.29, 1.82) is 0 Å². The average Bonchev–Trinajstić information content (AvgIpc) is 2.65. The predicted molar refractivity (Wildman–Crippen MR) is 96.3 cm³/mol. The molecule has 2 aliphatic heterocycles. The Bertz CT molecular complexity index is 830. The summed E-state index contributed by atoms with van der Waals surface area (Å²) in [6, 6.07) is 7.47. The summed E-state index contributed by atoms with van der Waals surface area (Å²) in [5.74, 6) is -0.450. The van der Waals surface area contributed by atoms with E-state index in [-0.39, 0.29) is 48.7 Å². The molecule has 26 heavy (non-hydrogen) atoms. The number of hydrogen-bond acceptors (Lipinski definition) is 5. The molecule has 0 bridgehead atoms. The van der Waals surface area contributed by atoms with E-state index in [1.165, 1.54) is 23.5 Å². The van der Waals surface area contributed by atoms with E-state index < -0.39 is 0 Å². The number of aliphatic hydroxyl groups excluding tert-OH is 1. The van der Waals surface area contributed by atoms with Crippen LogP contribution in [0.4, 0.5) is 0 Å². The van der Waals surface area contributed by atoms with Gasteiger partial charge in [0.2, 0.25) is 5.91 Å². The van der Waals surface area contributed by atoms with Crippen LogP contribution in [0.1, 0.15) is 22.0 Å². The van der Waals surface area contributed by atoms with Crippen molar-refractivity contribution < 1.29 is 14.7 Å². The van der Waals surface area contributed by atoms with Crippen LogP contribution in [0.15, 0.2) is 47.3 Å². The van der Waals surface area contributed by atoms with Gasteiger partial charge in [-0.25, -0.2) is 4.98 Å². The van der Waals surface area contributed by atoms with Crippen LogP contribution < -0.4 is 0 Å². The lowest BCUT2D eigenvalue weighted by molar-refractivity contribution is -0.159. The molecular formula is C18H17BrN4O3. The third-order valence-corrected chi connectivity index (χ3v) is 5.61. The van der Waals surface area contributed by atoms with E-state index >= 15 is 0 Å². The molecule has 2 amide bonds. The number of aromatic nitrogens is 2. The summed E-state index contributed by atoms with van der Waals surface area (Å²) in [6.45, 7) is 0.314. The number of amides is 2. The highest BCUT2D eigenvalue weighted by Crippen LogP contribution is 2.43. The Morgan fingerprint density at radius 1 is 1.27 bits per heavy atom. The van der Waals surface area contributed by atoms with Crippen LogP contribution in [0.2, 0.25) is 0 Å². The molecule has 2 saturated heterocycles. The van der Waals surface area contributed by atoms with Gasteiger partial charge >= 0.3 is 0 Å². The lowest BCUT2D eigenvalue weighted by atomic mass is 9.74. The molecule has 0 unspecified atom stereocenters. The third kappa shape index (κ3) is 2.79. The van der Waals surface area contributed by atoms with E-state index in [0.29, 0.717) is 6.54 Å². The number of aliphatic hydroxyl groups is 1. The third-order valence-electron chi connectivity index (χ3n) is 5.08. The van der Waals surface area contributed by atoms with Crippen LogP contribution >= 0.6 is 15.9 Å². The lowest BCUT2D eigenvalue weighted by Gasteiger charge is -2.58. The van der Waals surface area contributed by atoms with Crippen molar-refractivity contribution in [2.24, 2.45) is 0 Å². The molecule has 8 heteroatoms. The van der Waals surface area contributed by atoms with Gasteiger partial charge in [0.1, 0.15) is 12.2 Å². The van der Waals surface area contributed by atoms with Crippen LogP contribution in [0, 0.1) is 0 Å². The van der Waals surface area contributed by atoms with Crippen LogP contribution in [0.3, 0.4) is 0 Å². The molecule has 0 saturated carbocycles. The maximum Gasteiger partial charge on any atom is 0.274 e. The van der Waals surface area contributed by atoms with Crippen molar-refractivity contribution in [2.45, 2.75) is 18.0 Å². The number of benzene rings is 1. The Morgan fingerprint density at radius 2 is 2.04 bits per heavy atom. The van der Waals surface area contributed by atoms with Gasteiger partial charge in [-0.15, -0.1) is 0 Å². The first-order chi connectivity index (χ1) is 12.6. The molecule has 2 aromatic rings. The number of piperazine rings is 1. The lowest BCUT2D eigenvalue weighted by Crippen LogP contribution is -2.73. The van der Waals surface area contributed by atoms with Gasteiger partial charge in [0.15, 0.2) is 0 Å². The minimum Gasteiger partial charge on any atom is -0.394 e. The normalized spacial score (nSPS) is 24.8. The molecule has 1 aromatic heterocycles. The highest BCUT2D eigenvalue weighted by atomic mass is 79.9. The maximum absolute atomic E-state index is 12.7. The Hall–Kier alpha value is -2.32. The molecule has 1 aromatic carbocycles. The van der Waals surface area contributed by atoms with Crippen molar-refractivity contribution in [3.8, 4) is 0 Å². The summed E-state index contributed by atoms with van der Waals surface area (Å²) < 4.78 is 0.970. The van der Waals surface area contributed by atoms with Gasteiger partial charge in [-0.3, -0.25) is 14.6 Å². The van der Waals surface area contributed by atoms with Crippen LogP contribution in [0.25, 0.3) is 0 Å². The highest BCUT2D eigenvalue weighted by Gasteiger charge is 2.54. The Labute approximate surface area is 158 Å². The molecule has 2 aliphatic rings. The molecule has 0 spiro atoms. The van der Waals surface area contributed by atoms with Gasteiger partial charge < -0.3 is 14.9 Å². The molecule has 3 heterocycles. The maximum atomic E-state index is 12.7. The quantitative estimate of drug-likeness (QED) is 0.807. The molecule has 2 fully saturated rings. The molecule has 134 valence electrons. The van der Waals surface area contributed by atoms with E-state index in [0.717, 1.165) is 10.0 Å². The first kappa shape index (κ1) is 17.1. The smallest absolute Gasteiger partial charge is 0.274 e. The highest BCUT2D eigenvalue weighted by molar-refractivity contribution is 9.10. The number of nitrogens with zero attached hydrogens (tertiary/aromatic N) is 4. The van der Waals surface area contributed by atoms with Gasteiger partial charge in [0.25, 0.3) is 5.91 Å². The fraction of sp³-hybridized carbons (Fsp3) is 0.333.